The topological polar surface area (TPSA) is 21.7 Å². The average molecular weight is 523 g/mol. The molecule has 17 heteroatoms. The van der Waals surface area contributed by atoms with Crippen molar-refractivity contribution in [3.63, 3.8) is 0 Å². The summed E-state index contributed by atoms with van der Waals surface area (Å²) in [5, 5.41) is 0. The number of hydrogen-bond acceptors (Lipinski definition) is 3. The van der Waals surface area contributed by atoms with E-state index in [4.69, 9.17) is 0 Å². The largest absolute Gasteiger partial charge is 0.429 e. The Morgan fingerprint density at radius 1 is 0.818 bits per heavy atom. The molecule has 0 bridgehead atoms. The van der Waals surface area contributed by atoms with Crippen molar-refractivity contribution >= 4 is 0 Å². The van der Waals surface area contributed by atoms with Gasteiger partial charge in [0.05, 0.1) is 6.10 Å². The van der Waals surface area contributed by atoms with Gasteiger partial charge in [-0.1, -0.05) is 0 Å². The fraction of sp³-hybridized carbons (Fsp3) is 1.00. The lowest BCUT2D eigenvalue weighted by molar-refractivity contribution is -0.330. The van der Waals surface area contributed by atoms with Crippen LogP contribution >= 0.6 is 0 Å². The van der Waals surface area contributed by atoms with Gasteiger partial charge in [-0.2, -0.15) is 39.5 Å². The van der Waals surface area contributed by atoms with Gasteiger partial charge in [0.25, 0.3) is 11.8 Å². The van der Waals surface area contributed by atoms with Crippen molar-refractivity contribution in [1.29, 1.82) is 0 Å². The maximum Gasteiger partial charge on any atom is 0.429 e. The van der Waals surface area contributed by atoms with Gasteiger partial charge >= 0.3 is 24.5 Å². The summed E-state index contributed by atoms with van der Waals surface area (Å²) in [6.07, 6.45) is -37.6. The van der Waals surface area contributed by atoms with E-state index in [1.165, 1.54) is 0 Å². The van der Waals surface area contributed by atoms with E-state index in [1.54, 1.807) is 0 Å². The van der Waals surface area contributed by atoms with Crippen molar-refractivity contribution in [2.45, 2.75) is 87.8 Å². The van der Waals surface area contributed by atoms with Crippen LogP contribution in [0.4, 0.5) is 61.5 Å². The Kier molecular flexibility index (Phi) is 8.62. The molecule has 0 radical (unpaired) electrons. The van der Waals surface area contributed by atoms with Gasteiger partial charge in [-0.05, 0) is 20.8 Å². The number of rotatable bonds is 7. The zero-order valence-corrected chi connectivity index (χ0v) is 16.9. The molecule has 3 nitrogen and oxygen atoms in total. The van der Waals surface area contributed by atoms with E-state index >= 15 is 4.39 Å². The molecule has 0 spiro atoms. The lowest BCUT2D eigenvalue weighted by Gasteiger charge is -2.45. The molecule has 1 rings (SSSR count). The van der Waals surface area contributed by atoms with Crippen molar-refractivity contribution in [2.24, 2.45) is 0 Å². The molecule has 198 valence electrons. The first-order valence-corrected chi connectivity index (χ1v) is 9.07. The second-order valence-corrected chi connectivity index (χ2v) is 7.53. The molecule has 0 aromatic carbocycles. The van der Waals surface area contributed by atoms with Crippen molar-refractivity contribution in [3.05, 3.63) is 0 Å². The van der Waals surface area contributed by atoms with Crippen molar-refractivity contribution < 1.29 is 70.9 Å². The summed E-state index contributed by atoms with van der Waals surface area (Å²) in [6.45, 7) is -1.68. The molecular weight excluding hydrogens is 504 g/mol. The van der Waals surface area contributed by atoms with Gasteiger partial charge in [0.2, 0.25) is 0 Å². The number of hydrogen-bond donors (Lipinski definition) is 0. The molecule has 1 heterocycles. The third kappa shape index (κ3) is 6.32. The van der Waals surface area contributed by atoms with E-state index in [0.717, 1.165) is 6.92 Å². The Labute approximate surface area is 178 Å². The van der Waals surface area contributed by atoms with E-state index in [0.29, 0.717) is 0 Å². The van der Waals surface area contributed by atoms with Crippen molar-refractivity contribution in [1.82, 2.24) is 4.90 Å². The van der Waals surface area contributed by atoms with Gasteiger partial charge in [-0.25, -0.2) is 22.0 Å². The normalized spacial score (nSPS) is 27.5. The molecule has 1 aliphatic heterocycles. The standard InChI is InChI=1S/C16H19F14NO2/c1-6-4-31(5-9(32-6)14(22,23)24)11(18)12(19,16(28,29)30)7(2)33-8(3)13(20,21)10(17)15(25,26)27/h6-11H,4-5H2,1-3H3. The highest BCUT2D eigenvalue weighted by Crippen LogP contribution is 2.46. The highest BCUT2D eigenvalue weighted by atomic mass is 19.4. The maximum atomic E-state index is 15.1. The van der Waals surface area contributed by atoms with E-state index < -0.39 is 80.1 Å². The predicted octanol–water partition coefficient (Wildman–Crippen LogP) is 5.53. The molecule has 0 N–H and O–H groups in total. The summed E-state index contributed by atoms with van der Waals surface area (Å²) < 4.78 is 195. The molecule has 0 aromatic heterocycles. The molecule has 7 unspecified atom stereocenters. The van der Waals surface area contributed by atoms with Crippen LogP contribution in [0.5, 0.6) is 0 Å². The summed E-state index contributed by atoms with van der Waals surface area (Å²) >= 11 is 0. The number of nitrogens with zero attached hydrogens (tertiary/aromatic N) is 1. The zero-order chi connectivity index (χ0) is 26.4. The summed E-state index contributed by atoms with van der Waals surface area (Å²) in [5.41, 5.74) is -5.30. The SMILES string of the molecule is CC1CN(C(F)C(F)(C(C)OC(C)C(F)(F)C(F)C(F)(F)F)C(F)(F)F)CC(C(F)(F)F)O1. The Bertz CT molecular complexity index is 651. The predicted molar refractivity (Wildman–Crippen MR) is 82.7 cm³/mol. The van der Waals surface area contributed by atoms with Crippen LogP contribution in [0, 0.1) is 0 Å². The molecule has 0 aliphatic carbocycles. The second-order valence-electron chi connectivity index (χ2n) is 7.53. The van der Waals surface area contributed by atoms with Gasteiger partial charge in [0, 0.05) is 13.1 Å². The molecule has 0 aromatic rings. The van der Waals surface area contributed by atoms with Crippen molar-refractivity contribution in [3.8, 4) is 0 Å². The third-order valence-electron chi connectivity index (χ3n) is 4.92. The zero-order valence-electron chi connectivity index (χ0n) is 16.9. The minimum absolute atomic E-state index is 0.00462. The fourth-order valence-electron chi connectivity index (χ4n) is 3.10. The molecule has 1 aliphatic rings. The van der Waals surface area contributed by atoms with Crippen LogP contribution in [0.15, 0.2) is 0 Å². The van der Waals surface area contributed by atoms with E-state index in [2.05, 4.69) is 9.47 Å². The smallest absolute Gasteiger partial charge is 0.365 e. The third-order valence-corrected chi connectivity index (χ3v) is 4.92. The highest BCUT2D eigenvalue weighted by molar-refractivity contribution is 5.02. The number of ether oxygens (including phenoxy) is 2. The highest BCUT2D eigenvalue weighted by Gasteiger charge is 2.69. The van der Waals surface area contributed by atoms with Gasteiger partial charge in [0.1, 0.15) is 12.2 Å². The van der Waals surface area contributed by atoms with Gasteiger partial charge in [-0.3, -0.25) is 4.90 Å². The van der Waals surface area contributed by atoms with Crippen molar-refractivity contribution in [2.75, 3.05) is 13.1 Å². The lowest BCUT2D eigenvalue weighted by atomic mass is 9.95. The van der Waals surface area contributed by atoms with Crippen LogP contribution in [0.25, 0.3) is 0 Å². The van der Waals surface area contributed by atoms with E-state index in [1.807, 2.05) is 0 Å². The Hall–Kier alpha value is -1.10. The number of morpholine rings is 1. The minimum Gasteiger partial charge on any atom is -0.365 e. The maximum absolute atomic E-state index is 15.1. The summed E-state index contributed by atoms with van der Waals surface area (Å²) in [7, 11) is 0. The van der Waals surface area contributed by atoms with E-state index in [9.17, 15) is 57.1 Å². The van der Waals surface area contributed by atoms with Gasteiger partial charge in [0.15, 0.2) is 12.4 Å². The Morgan fingerprint density at radius 2 is 1.30 bits per heavy atom. The van der Waals surface area contributed by atoms with Gasteiger partial charge < -0.3 is 9.47 Å². The summed E-state index contributed by atoms with van der Waals surface area (Å²) in [5.74, 6) is -5.51. The van der Waals surface area contributed by atoms with Crippen LogP contribution in [0.2, 0.25) is 0 Å². The molecule has 0 amide bonds. The number of halogens is 14. The monoisotopic (exact) mass is 523 g/mol. The Morgan fingerprint density at radius 3 is 1.70 bits per heavy atom. The van der Waals surface area contributed by atoms with Crippen LogP contribution in [-0.4, -0.2) is 85.0 Å². The second kappa shape index (κ2) is 9.51. The molecule has 1 fully saturated rings. The first-order chi connectivity index (χ1) is 14.5. The van der Waals surface area contributed by atoms with Crippen LogP contribution in [0.1, 0.15) is 20.8 Å². The Balaban J connectivity index is 3.24. The lowest BCUT2D eigenvalue weighted by Crippen LogP contribution is -2.66. The minimum atomic E-state index is -6.30. The average Bonchev–Trinajstić information content (AvgIpc) is 2.62. The van der Waals surface area contributed by atoms with Crippen LogP contribution < -0.4 is 0 Å². The van der Waals surface area contributed by atoms with Crippen LogP contribution in [-0.2, 0) is 9.47 Å². The molecule has 7 atom stereocenters. The molecule has 1 saturated heterocycles. The molecular formula is C16H19F14NO2. The van der Waals surface area contributed by atoms with Crippen LogP contribution in [0.3, 0.4) is 0 Å². The molecule has 33 heavy (non-hydrogen) atoms. The van der Waals surface area contributed by atoms with E-state index in [-0.39, 0.29) is 18.7 Å². The molecule has 0 saturated carbocycles. The quantitative estimate of drug-likeness (QED) is 0.324. The first kappa shape index (κ1) is 29.9. The fourth-order valence-corrected chi connectivity index (χ4v) is 3.10. The summed E-state index contributed by atoms with van der Waals surface area (Å²) in [4.78, 5) is -0.240. The van der Waals surface area contributed by atoms with Gasteiger partial charge in [-0.15, -0.1) is 0 Å². The summed E-state index contributed by atoms with van der Waals surface area (Å²) in [6, 6.07) is 0. The first-order valence-electron chi connectivity index (χ1n) is 9.07. The number of alkyl halides is 14.